The van der Waals surface area contributed by atoms with Crippen LogP contribution in [0.4, 0.5) is 5.82 Å². The van der Waals surface area contributed by atoms with Crippen molar-refractivity contribution < 1.29 is 0 Å². The molecule has 96 valence electrons. The monoisotopic (exact) mass is 254 g/mol. The van der Waals surface area contributed by atoms with E-state index < -0.39 is 0 Å². The van der Waals surface area contributed by atoms with Gasteiger partial charge in [-0.05, 0) is 24.6 Å². The maximum atomic E-state index is 4.40. The van der Waals surface area contributed by atoms with Gasteiger partial charge >= 0.3 is 0 Å². The Morgan fingerprint density at radius 1 is 1.21 bits per heavy atom. The highest BCUT2D eigenvalue weighted by Crippen LogP contribution is 2.09. The first kappa shape index (κ1) is 11.6. The van der Waals surface area contributed by atoms with Crippen LogP contribution >= 0.6 is 0 Å². The van der Waals surface area contributed by atoms with Crippen LogP contribution in [0.2, 0.25) is 0 Å². The lowest BCUT2D eigenvalue weighted by Crippen LogP contribution is -2.11. The van der Waals surface area contributed by atoms with Crippen LogP contribution in [0.15, 0.2) is 36.9 Å². The Bertz CT molecular complexity index is 690. The molecule has 3 aromatic rings. The Hall–Kier alpha value is -2.50. The summed E-state index contributed by atoms with van der Waals surface area (Å²) in [7, 11) is 0. The first-order valence-corrected chi connectivity index (χ1v) is 6.12. The van der Waals surface area contributed by atoms with Crippen LogP contribution in [0.1, 0.15) is 5.56 Å². The highest BCUT2D eigenvalue weighted by atomic mass is 15.3. The molecule has 0 aliphatic heterocycles. The van der Waals surface area contributed by atoms with E-state index in [2.05, 4.69) is 25.4 Å². The van der Waals surface area contributed by atoms with Crippen molar-refractivity contribution in [1.82, 2.24) is 24.7 Å². The summed E-state index contributed by atoms with van der Waals surface area (Å²) in [5.74, 6) is 0.803. The molecule has 0 aliphatic rings. The normalized spacial score (nSPS) is 10.8. The van der Waals surface area contributed by atoms with Crippen molar-refractivity contribution in [3.63, 3.8) is 0 Å². The fraction of sp³-hybridized carbons (Fsp3) is 0.231. The van der Waals surface area contributed by atoms with E-state index in [-0.39, 0.29) is 0 Å². The second-order valence-corrected chi connectivity index (χ2v) is 4.30. The SMILES string of the molecule is Cc1cnn(CCNc2ccc3nccnc3n2)c1. The van der Waals surface area contributed by atoms with Crippen LogP contribution in [-0.4, -0.2) is 31.3 Å². The fourth-order valence-electron chi connectivity index (χ4n) is 1.84. The van der Waals surface area contributed by atoms with Crippen molar-refractivity contribution in [2.45, 2.75) is 13.5 Å². The third-order valence-corrected chi connectivity index (χ3v) is 2.74. The zero-order valence-electron chi connectivity index (χ0n) is 10.6. The molecule has 3 heterocycles. The van der Waals surface area contributed by atoms with Gasteiger partial charge in [0.1, 0.15) is 11.3 Å². The molecule has 19 heavy (non-hydrogen) atoms. The van der Waals surface area contributed by atoms with Crippen LogP contribution in [0.5, 0.6) is 0 Å². The molecule has 3 rings (SSSR count). The first-order valence-electron chi connectivity index (χ1n) is 6.12. The molecule has 0 amide bonds. The van der Waals surface area contributed by atoms with Crippen molar-refractivity contribution in [1.29, 1.82) is 0 Å². The van der Waals surface area contributed by atoms with Gasteiger partial charge in [0.05, 0.1) is 12.7 Å². The molecule has 0 spiro atoms. The zero-order chi connectivity index (χ0) is 13.1. The van der Waals surface area contributed by atoms with Gasteiger partial charge in [-0.3, -0.25) is 9.67 Å². The lowest BCUT2D eigenvalue weighted by Gasteiger charge is -2.06. The minimum Gasteiger partial charge on any atom is -0.368 e. The average molecular weight is 254 g/mol. The lowest BCUT2D eigenvalue weighted by molar-refractivity contribution is 0.637. The first-order chi connectivity index (χ1) is 9.31. The molecule has 0 bridgehead atoms. The number of hydrogen-bond donors (Lipinski definition) is 1. The Kier molecular flexibility index (Phi) is 3.06. The summed E-state index contributed by atoms with van der Waals surface area (Å²) in [6, 6.07) is 3.82. The number of nitrogens with one attached hydrogen (secondary N) is 1. The summed E-state index contributed by atoms with van der Waals surface area (Å²) in [6.45, 7) is 3.59. The summed E-state index contributed by atoms with van der Waals surface area (Å²) >= 11 is 0. The summed E-state index contributed by atoms with van der Waals surface area (Å²) in [5.41, 5.74) is 2.62. The van der Waals surface area contributed by atoms with E-state index in [1.807, 2.05) is 36.1 Å². The standard InChI is InChI=1S/C13H14N6/c1-10-8-17-19(9-10)7-6-15-12-3-2-11-13(18-12)16-5-4-14-11/h2-5,8-9H,6-7H2,1H3,(H,15,16,18). The molecule has 0 fully saturated rings. The largest absolute Gasteiger partial charge is 0.368 e. The molecule has 0 unspecified atom stereocenters. The number of hydrogen-bond acceptors (Lipinski definition) is 5. The molecule has 3 aromatic heterocycles. The maximum Gasteiger partial charge on any atom is 0.180 e. The Morgan fingerprint density at radius 2 is 2.11 bits per heavy atom. The second-order valence-electron chi connectivity index (χ2n) is 4.30. The fourth-order valence-corrected chi connectivity index (χ4v) is 1.84. The average Bonchev–Trinajstić information content (AvgIpc) is 2.84. The second kappa shape index (κ2) is 5.01. The van der Waals surface area contributed by atoms with Crippen LogP contribution in [0.25, 0.3) is 11.2 Å². The van der Waals surface area contributed by atoms with Crippen LogP contribution in [0.3, 0.4) is 0 Å². The Balaban J connectivity index is 1.65. The van der Waals surface area contributed by atoms with E-state index in [1.165, 1.54) is 5.56 Å². The van der Waals surface area contributed by atoms with Gasteiger partial charge in [0.15, 0.2) is 5.65 Å². The minimum atomic E-state index is 0.655. The molecule has 0 saturated carbocycles. The topological polar surface area (TPSA) is 68.5 Å². The van der Waals surface area contributed by atoms with Gasteiger partial charge < -0.3 is 5.32 Å². The highest BCUT2D eigenvalue weighted by molar-refractivity contribution is 5.71. The lowest BCUT2D eigenvalue weighted by atomic mass is 10.4. The molecular formula is C13H14N6. The molecule has 1 N–H and O–H groups in total. The zero-order valence-corrected chi connectivity index (χ0v) is 10.6. The highest BCUT2D eigenvalue weighted by Gasteiger charge is 1.99. The van der Waals surface area contributed by atoms with Crippen LogP contribution in [-0.2, 0) is 6.54 Å². The van der Waals surface area contributed by atoms with Gasteiger partial charge in [0, 0.05) is 25.1 Å². The molecule has 0 radical (unpaired) electrons. The third-order valence-electron chi connectivity index (χ3n) is 2.74. The molecule has 6 nitrogen and oxygen atoms in total. The van der Waals surface area contributed by atoms with Crippen molar-refractivity contribution >= 4 is 17.0 Å². The van der Waals surface area contributed by atoms with Crippen molar-refractivity contribution in [3.05, 3.63) is 42.5 Å². The van der Waals surface area contributed by atoms with Gasteiger partial charge in [-0.1, -0.05) is 0 Å². The predicted octanol–water partition coefficient (Wildman–Crippen LogP) is 1.64. The molecule has 0 saturated heterocycles. The van der Waals surface area contributed by atoms with E-state index in [9.17, 15) is 0 Å². The summed E-state index contributed by atoms with van der Waals surface area (Å²) in [5, 5.41) is 7.49. The molecule has 0 aliphatic carbocycles. The van der Waals surface area contributed by atoms with E-state index in [4.69, 9.17) is 0 Å². The number of rotatable bonds is 4. The van der Waals surface area contributed by atoms with Crippen LogP contribution < -0.4 is 5.32 Å². The van der Waals surface area contributed by atoms with E-state index in [0.717, 1.165) is 24.4 Å². The molecule has 0 atom stereocenters. The quantitative estimate of drug-likeness (QED) is 0.766. The smallest absolute Gasteiger partial charge is 0.180 e. The van der Waals surface area contributed by atoms with E-state index in [0.29, 0.717) is 5.65 Å². The van der Waals surface area contributed by atoms with Crippen molar-refractivity contribution in [2.24, 2.45) is 0 Å². The number of aryl methyl sites for hydroxylation is 1. The third kappa shape index (κ3) is 2.67. The van der Waals surface area contributed by atoms with Gasteiger partial charge in [-0.2, -0.15) is 5.10 Å². The van der Waals surface area contributed by atoms with E-state index >= 15 is 0 Å². The number of nitrogens with zero attached hydrogens (tertiary/aromatic N) is 5. The number of pyridine rings is 1. The Labute approximate surface area is 110 Å². The predicted molar refractivity (Wildman–Crippen MR) is 72.8 cm³/mol. The minimum absolute atomic E-state index is 0.655. The molecular weight excluding hydrogens is 240 g/mol. The number of fused-ring (bicyclic) bond motifs is 1. The van der Waals surface area contributed by atoms with Crippen LogP contribution in [0, 0.1) is 6.92 Å². The van der Waals surface area contributed by atoms with E-state index in [1.54, 1.807) is 12.4 Å². The summed E-state index contributed by atoms with van der Waals surface area (Å²) in [4.78, 5) is 12.8. The van der Waals surface area contributed by atoms with Gasteiger partial charge in [-0.15, -0.1) is 0 Å². The van der Waals surface area contributed by atoms with Crippen molar-refractivity contribution in [2.75, 3.05) is 11.9 Å². The molecule has 0 aromatic carbocycles. The molecule has 6 heteroatoms. The number of aromatic nitrogens is 5. The summed E-state index contributed by atoms with van der Waals surface area (Å²) < 4.78 is 1.91. The van der Waals surface area contributed by atoms with Gasteiger partial charge in [0.25, 0.3) is 0 Å². The summed E-state index contributed by atoms with van der Waals surface area (Å²) in [6.07, 6.45) is 7.17. The van der Waals surface area contributed by atoms with Crippen molar-refractivity contribution in [3.8, 4) is 0 Å². The maximum absolute atomic E-state index is 4.40. The number of anilines is 1. The Morgan fingerprint density at radius 3 is 2.95 bits per heavy atom. The van der Waals surface area contributed by atoms with Gasteiger partial charge in [0.2, 0.25) is 0 Å². The van der Waals surface area contributed by atoms with Gasteiger partial charge in [-0.25, -0.2) is 9.97 Å².